The fourth-order valence-electron chi connectivity index (χ4n) is 4.78. The van der Waals surface area contributed by atoms with Crippen LogP contribution in [-0.2, 0) is 16.6 Å². The average molecular weight is 596 g/mol. The van der Waals surface area contributed by atoms with Gasteiger partial charge in [-0.2, -0.15) is 29.9 Å². The van der Waals surface area contributed by atoms with Crippen molar-refractivity contribution in [1.29, 1.82) is 0 Å². The van der Waals surface area contributed by atoms with Gasteiger partial charge >= 0.3 is 6.18 Å². The molecule has 6 nitrogen and oxygen atoms in total. The van der Waals surface area contributed by atoms with Crippen LogP contribution in [0.5, 0.6) is 0 Å². The smallest absolute Gasteiger partial charge is 0.385 e. The van der Waals surface area contributed by atoms with Gasteiger partial charge in [-0.25, -0.2) is 0 Å². The van der Waals surface area contributed by atoms with Crippen LogP contribution in [0, 0.1) is 0 Å². The first-order valence-corrected chi connectivity index (χ1v) is 14.7. The van der Waals surface area contributed by atoms with E-state index in [1.54, 1.807) is 35.2 Å². The van der Waals surface area contributed by atoms with Gasteiger partial charge in [-0.15, -0.1) is 0 Å². The predicted octanol–water partition coefficient (Wildman–Crippen LogP) is 5.50. The molecular weight excluding hydrogens is 571 g/mol. The van der Waals surface area contributed by atoms with Crippen molar-refractivity contribution in [2.45, 2.75) is 24.6 Å². The summed E-state index contributed by atoms with van der Waals surface area (Å²) >= 11 is 8.94. The highest BCUT2D eigenvalue weighted by Gasteiger charge is 2.39. The van der Waals surface area contributed by atoms with E-state index in [9.17, 15) is 27.9 Å². The van der Waals surface area contributed by atoms with Gasteiger partial charge in [0.25, 0.3) is 11.8 Å². The van der Waals surface area contributed by atoms with E-state index < -0.39 is 22.4 Å². The number of alkyl halides is 3. The molecule has 1 N–H and O–H groups in total. The summed E-state index contributed by atoms with van der Waals surface area (Å²) < 4.78 is 39.9. The molecule has 2 fully saturated rings. The lowest BCUT2D eigenvalue weighted by Crippen LogP contribution is -2.45. The summed E-state index contributed by atoms with van der Waals surface area (Å²) in [6.07, 6.45) is -2.74. The maximum absolute atomic E-state index is 13.3. The van der Waals surface area contributed by atoms with Gasteiger partial charge in [-0.05, 0) is 66.1 Å². The number of hydrogen-bond donors (Lipinski definition) is 1. The molecule has 2 amide bonds. The number of hydrogen-bond acceptors (Lipinski definition) is 6. The van der Waals surface area contributed by atoms with Crippen LogP contribution in [0.25, 0.3) is 6.08 Å². The van der Waals surface area contributed by atoms with Crippen LogP contribution in [0.3, 0.4) is 0 Å². The number of likely N-dealkylation sites (tertiary alicyclic amines) is 1. The molecule has 0 radical (unpaired) electrons. The summed E-state index contributed by atoms with van der Waals surface area (Å²) in [6, 6.07) is 10.3. The molecule has 0 atom stereocenters. The van der Waals surface area contributed by atoms with E-state index in [-0.39, 0.29) is 43.3 Å². The van der Waals surface area contributed by atoms with Gasteiger partial charge in [0.2, 0.25) is 0 Å². The molecule has 2 saturated heterocycles. The molecule has 0 bridgehead atoms. The quantitative estimate of drug-likeness (QED) is 0.473. The molecule has 3 aliphatic heterocycles. The number of aliphatic imine (C=N–C) groups is 1. The Morgan fingerprint density at radius 3 is 2.49 bits per heavy atom. The first-order valence-electron chi connectivity index (χ1n) is 12.4. The van der Waals surface area contributed by atoms with Gasteiger partial charge in [0.1, 0.15) is 0 Å². The lowest BCUT2D eigenvalue weighted by Gasteiger charge is -2.39. The van der Waals surface area contributed by atoms with Crippen molar-refractivity contribution in [1.82, 2.24) is 9.80 Å². The number of rotatable bonds is 3. The summed E-state index contributed by atoms with van der Waals surface area (Å²) in [5, 5.41) is 11.4. The number of amides is 2. The van der Waals surface area contributed by atoms with E-state index in [2.05, 4.69) is 9.89 Å². The Morgan fingerprint density at radius 1 is 1.08 bits per heavy atom. The second kappa shape index (κ2) is 11.2. The van der Waals surface area contributed by atoms with E-state index in [1.165, 1.54) is 17.8 Å². The number of halogens is 4. The number of carbonyl (C=O) groups excluding carboxylic acids is 2. The number of thioether (sulfide) groups is 2. The van der Waals surface area contributed by atoms with Crippen LogP contribution >= 0.6 is 35.1 Å². The zero-order chi connectivity index (χ0) is 27.8. The largest absolute Gasteiger partial charge is 0.417 e. The molecule has 2 aromatic rings. The fraction of sp³-hybridized carbons (Fsp3) is 0.370. The van der Waals surface area contributed by atoms with Gasteiger partial charge in [0, 0.05) is 43.2 Å². The summed E-state index contributed by atoms with van der Waals surface area (Å²) in [5.74, 6) is 1.45. The second-order valence-electron chi connectivity index (χ2n) is 9.55. The van der Waals surface area contributed by atoms with Gasteiger partial charge in [-0.3, -0.25) is 9.59 Å². The Balaban J connectivity index is 1.25. The van der Waals surface area contributed by atoms with Gasteiger partial charge in [0.15, 0.2) is 5.17 Å². The maximum Gasteiger partial charge on any atom is 0.417 e. The van der Waals surface area contributed by atoms with Crippen LogP contribution in [0.15, 0.2) is 52.4 Å². The van der Waals surface area contributed by atoms with E-state index in [1.807, 2.05) is 11.8 Å². The topological polar surface area (TPSA) is 73.2 Å². The number of nitrogens with zero attached hydrogens (tertiary/aromatic N) is 3. The monoisotopic (exact) mass is 595 g/mol. The summed E-state index contributed by atoms with van der Waals surface area (Å²) in [4.78, 5) is 34.1. The minimum absolute atomic E-state index is 0.0850. The molecule has 39 heavy (non-hydrogen) atoms. The first-order chi connectivity index (χ1) is 18.5. The minimum atomic E-state index is -4.64. The molecule has 0 aromatic heterocycles. The lowest BCUT2D eigenvalue weighted by atomic mass is 9.83. The molecule has 2 aromatic carbocycles. The number of piperidine rings is 1. The van der Waals surface area contributed by atoms with Crippen LogP contribution < -0.4 is 0 Å². The molecule has 0 saturated carbocycles. The maximum atomic E-state index is 13.3. The highest BCUT2D eigenvalue weighted by molar-refractivity contribution is 8.18. The molecule has 0 spiro atoms. The van der Waals surface area contributed by atoms with Crippen molar-refractivity contribution in [2.24, 2.45) is 4.99 Å². The van der Waals surface area contributed by atoms with E-state index in [4.69, 9.17) is 11.6 Å². The van der Waals surface area contributed by atoms with Crippen LogP contribution in [-0.4, -0.2) is 69.6 Å². The van der Waals surface area contributed by atoms with Gasteiger partial charge < -0.3 is 14.9 Å². The van der Waals surface area contributed by atoms with Crippen molar-refractivity contribution >= 4 is 58.2 Å². The second-order valence-corrected chi connectivity index (χ2v) is 12.2. The van der Waals surface area contributed by atoms with E-state index >= 15 is 0 Å². The van der Waals surface area contributed by atoms with Crippen molar-refractivity contribution in [3.05, 3.63) is 74.6 Å². The summed E-state index contributed by atoms with van der Waals surface area (Å²) in [7, 11) is 0. The highest BCUT2D eigenvalue weighted by Crippen LogP contribution is 2.40. The first kappa shape index (κ1) is 28.1. The Kier molecular flexibility index (Phi) is 8.05. The van der Waals surface area contributed by atoms with Crippen LogP contribution in [0.4, 0.5) is 13.2 Å². The number of benzene rings is 2. The Bertz CT molecular complexity index is 1350. The average Bonchev–Trinajstić information content (AvgIpc) is 3.28. The lowest BCUT2D eigenvalue weighted by molar-refractivity contribution is -0.137. The number of carbonyl (C=O) groups is 2. The van der Waals surface area contributed by atoms with Crippen molar-refractivity contribution in [3.8, 4) is 0 Å². The molecule has 5 rings (SSSR count). The standard InChI is InChI=1S/C27H25ClF3N3O3S2/c28-21-5-4-19(16-20(21)27(29,30)31)26(37)6-8-33(9-7-26)24(36)18-3-1-2-17(14-18)15-22-23(35)32-25(39-22)34-10-12-38-13-11-34/h1-5,14-16,37H,6-13H2. The molecule has 3 heterocycles. The Hall–Kier alpha value is -2.47. The van der Waals surface area contributed by atoms with Crippen molar-refractivity contribution in [2.75, 3.05) is 37.7 Å². The third-order valence-corrected chi connectivity index (χ3v) is 9.33. The Morgan fingerprint density at radius 2 is 1.79 bits per heavy atom. The van der Waals surface area contributed by atoms with E-state index in [0.717, 1.165) is 36.7 Å². The normalized spacial score (nSPS) is 20.9. The molecule has 0 unspecified atom stereocenters. The summed E-state index contributed by atoms with van der Waals surface area (Å²) in [5.41, 5.74) is -1.25. The zero-order valence-corrected chi connectivity index (χ0v) is 23.1. The van der Waals surface area contributed by atoms with Crippen LogP contribution in [0.1, 0.15) is 39.9 Å². The molecule has 0 aliphatic carbocycles. The molecular formula is C27H25ClF3N3O3S2. The number of aliphatic hydroxyl groups is 1. The third kappa shape index (κ3) is 6.16. The number of amidine groups is 1. The molecule has 3 aliphatic rings. The predicted molar refractivity (Wildman–Crippen MR) is 149 cm³/mol. The summed E-state index contributed by atoms with van der Waals surface area (Å²) in [6.45, 7) is 2.05. The molecule has 12 heteroatoms. The third-order valence-electron chi connectivity index (χ3n) is 7.01. The zero-order valence-electron chi connectivity index (χ0n) is 20.7. The van der Waals surface area contributed by atoms with Gasteiger partial charge in [0.05, 0.1) is 21.1 Å². The van der Waals surface area contributed by atoms with Crippen molar-refractivity contribution < 1.29 is 27.9 Å². The highest BCUT2D eigenvalue weighted by atomic mass is 35.5. The van der Waals surface area contributed by atoms with Crippen LogP contribution in [0.2, 0.25) is 5.02 Å². The van der Waals surface area contributed by atoms with E-state index in [0.29, 0.717) is 21.2 Å². The van der Waals surface area contributed by atoms with Crippen molar-refractivity contribution in [3.63, 3.8) is 0 Å². The van der Waals surface area contributed by atoms with Gasteiger partial charge in [-0.1, -0.05) is 29.8 Å². The Labute approximate surface area is 237 Å². The SMILES string of the molecule is O=C1N=C(N2CCSCC2)SC1=Cc1cccc(C(=O)N2CCC(O)(c3ccc(Cl)c(C(F)(F)F)c3)CC2)c1. The minimum Gasteiger partial charge on any atom is -0.385 e. The molecule has 206 valence electrons. The fourth-order valence-corrected chi connectivity index (χ4v) is 6.88.